The molecule has 1 aliphatic heterocycles. The predicted molar refractivity (Wildman–Crippen MR) is 155 cm³/mol. The van der Waals surface area contributed by atoms with Crippen LogP contribution >= 0.6 is 23.4 Å². The summed E-state index contributed by atoms with van der Waals surface area (Å²) in [6.07, 6.45) is 0.756. The standard InChI is InChI=1S/C30H28ClFN4O2S/c1-3-19(2)33-25(37)17-35-26(38)18-39-29(21-13-7-9-15-23(21)32)27-28(20-11-5-4-6-12-20)34-36(30(27)35)24-16-10-8-14-22(24)31/h4-16,19,29H,3,17-18H2,1-2H3,(H,33,37)/t19-,29-/m1/s1. The number of thioether (sulfide) groups is 1. The first kappa shape index (κ1) is 27.0. The molecule has 1 N–H and O–H groups in total. The number of rotatable bonds is 7. The number of benzene rings is 3. The first-order valence-electron chi connectivity index (χ1n) is 12.8. The van der Waals surface area contributed by atoms with Crippen molar-refractivity contribution in [1.29, 1.82) is 0 Å². The van der Waals surface area contributed by atoms with Crippen molar-refractivity contribution in [2.24, 2.45) is 0 Å². The van der Waals surface area contributed by atoms with E-state index < -0.39 is 5.25 Å². The Bertz CT molecular complexity index is 1510. The Balaban J connectivity index is 1.80. The van der Waals surface area contributed by atoms with E-state index in [0.717, 1.165) is 12.0 Å². The van der Waals surface area contributed by atoms with Crippen LogP contribution in [0.5, 0.6) is 0 Å². The Hall–Kier alpha value is -3.62. The highest BCUT2D eigenvalue weighted by atomic mass is 35.5. The molecule has 0 fully saturated rings. The zero-order valence-electron chi connectivity index (χ0n) is 21.6. The molecule has 39 heavy (non-hydrogen) atoms. The Morgan fingerprint density at radius 1 is 1.10 bits per heavy atom. The number of hydrogen-bond donors (Lipinski definition) is 1. The third-order valence-electron chi connectivity index (χ3n) is 6.73. The number of carbonyl (C=O) groups excluding carboxylic acids is 2. The number of nitrogens with zero attached hydrogens (tertiary/aromatic N) is 3. The zero-order valence-corrected chi connectivity index (χ0v) is 23.2. The van der Waals surface area contributed by atoms with Gasteiger partial charge in [-0.2, -0.15) is 5.10 Å². The van der Waals surface area contributed by atoms with E-state index in [1.54, 1.807) is 28.9 Å². The topological polar surface area (TPSA) is 67.2 Å². The Morgan fingerprint density at radius 2 is 1.79 bits per heavy atom. The third-order valence-corrected chi connectivity index (χ3v) is 8.28. The van der Waals surface area contributed by atoms with Crippen LogP contribution in [0.1, 0.15) is 36.6 Å². The average Bonchev–Trinajstić information content (AvgIpc) is 3.26. The van der Waals surface area contributed by atoms with Crippen molar-refractivity contribution in [3.8, 4) is 16.9 Å². The molecule has 2 atom stereocenters. The molecule has 5 rings (SSSR count). The molecule has 0 aliphatic carbocycles. The number of halogens is 2. The minimum absolute atomic E-state index is 0.0482. The van der Waals surface area contributed by atoms with E-state index in [1.165, 1.54) is 22.7 Å². The van der Waals surface area contributed by atoms with Crippen LogP contribution in [0.15, 0.2) is 78.9 Å². The predicted octanol–water partition coefficient (Wildman–Crippen LogP) is 6.42. The highest BCUT2D eigenvalue weighted by molar-refractivity contribution is 8.00. The average molecular weight is 563 g/mol. The monoisotopic (exact) mass is 562 g/mol. The fourth-order valence-corrected chi connectivity index (χ4v) is 6.05. The molecule has 0 saturated carbocycles. The molecular formula is C30H28ClFN4O2S. The molecule has 1 aliphatic rings. The van der Waals surface area contributed by atoms with E-state index in [1.807, 2.05) is 62.4 Å². The highest BCUT2D eigenvalue weighted by Crippen LogP contribution is 2.49. The van der Waals surface area contributed by atoms with Crippen molar-refractivity contribution in [1.82, 2.24) is 15.1 Å². The molecule has 0 bridgehead atoms. The molecule has 2 heterocycles. The maximum atomic E-state index is 15.3. The van der Waals surface area contributed by atoms with Gasteiger partial charge in [0.25, 0.3) is 0 Å². The normalized spacial score (nSPS) is 15.9. The lowest BCUT2D eigenvalue weighted by Gasteiger charge is -2.24. The van der Waals surface area contributed by atoms with Crippen LogP contribution in [0.3, 0.4) is 0 Å². The lowest BCUT2D eigenvalue weighted by molar-refractivity contribution is -0.123. The molecule has 4 aromatic rings. The van der Waals surface area contributed by atoms with E-state index in [0.29, 0.717) is 33.3 Å². The molecule has 6 nitrogen and oxygen atoms in total. The molecule has 200 valence electrons. The third kappa shape index (κ3) is 5.44. The van der Waals surface area contributed by atoms with Crippen molar-refractivity contribution in [3.63, 3.8) is 0 Å². The van der Waals surface area contributed by atoms with Crippen LogP contribution < -0.4 is 10.2 Å². The zero-order chi connectivity index (χ0) is 27.5. The summed E-state index contributed by atoms with van der Waals surface area (Å²) in [6, 6.07) is 23.3. The summed E-state index contributed by atoms with van der Waals surface area (Å²) in [5, 5.41) is 7.81. The van der Waals surface area contributed by atoms with Gasteiger partial charge in [0.05, 0.1) is 27.4 Å². The summed E-state index contributed by atoms with van der Waals surface area (Å²) >= 11 is 7.97. The number of hydrogen-bond acceptors (Lipinski definition) is 4. The second kappa shape index (κ2) is 11.6. The van der Waals surface area contributed by atoms with Gasteiger partial charge in [-0.15, -0.1) is 11.8 Å². The van der Waals surface area contributed by atoms with Crippen molar-refractivity contribution >= 4 is 41.0 Å². The fraction of sp³-hybridized carbons (Fsp3) is 0.233. The Labute approximate surface area is 236 Å². The van der Waals surface area contributed by atoms with Gasteiger partial charge in [0.2, 0.25) is 11.8 Å². The van der Waals surface area contributed by atoms with Gasteiger partial charge in [-0.1, -0.05) is 79.2 Å². The summed E-state index contributed by atoms with van der Waals surface area (Å²) in [4.78, 5) is 28.3. The summed E-state index contributed by atoms with van der Waals surface area (Å²) in [5.74, 6) is -0.468. The summed E-state index contributed by atoms with van der Waals surface area (Å²) in [6.45, 7) is 3.69. The van der Waals surface area contributed by atoms with Crippen molar-refractivity contribution in [3.05, 3.63) is 101 Å². The first-order valence-corrected chi connectivity index (χ1v) is 14.2. The maximum Gasteiger partial charge on any atom is 0.240 e. The molecule has 0 radical (unpaired) electrons. The molecule has 9 heteroatoms. The summed E-state index contributed by atoms with van der Waals surface area (Å²) in [5.41, 5.74) is 3.04. The van der Waals surface area contributed by atoms with Gasteiger partial charge >= 0.3 is 0 Å². The lowest BCUT2D eigenvalue weighted by Crippen LogP contribution is -2.44. The molecule has 3 aromatic carbocycles. The van der Waals surface area contributed by atoms with Crippen LogP contribution in [0.25, 0.3) is 16.9 Å². The number of carbonyl (C=O) groups is 2. The number of para-hydroxylation sites is 1. The van der Waals surface area contributed by atoms with Gasteiger partial charge in [-0.05, 0) is 31.5 Å². The van der Waals surface area contributed by atoms with Gasteiger partial charge in [-0.25, -0.2) is 9.07 Å². The smallest absolute Gasteiger partial charge is 0.240 e. The molecule has 2 amide bonds. The van der Waals surface area contributed by atoms with Gasteiger partial charge < -0.3 is 5.32 Å². The van der Waals surface area contributed by atoms with Crippen LogP contribution in [0.4, 0.5) is 10.2 Å². The summed E-state index contributed by atoms with van der Waals surface area (Å²) < 4.78 is 16.9. The molecule has 0 saturated heterocycles. The van der Waals surface area contributed by atoms with Gasteiger partial charge in [-0.3, -0.25) is 14.5 Å². The minimum Gasteiger partial charge on any atom is -0.352 e. The van der Waals surface area contributed by atoms with Crippen LogP contribution in [0.2, 0.25) is 5.02 Å². The van der Waals surface area contributed by atoms with Crippen LogP contribution in [-0.2, 0) is 9.59 Å². The SMILES string of the molecule is CC[C@@H](C)NC(=O)CN1C(=O)CS[C@H](c2ccccc2F)c2c(-c3ccccc3)nn(-c3ccccc3Cl)c21. The molecular weight excluding hydrogens is 535 g/mol. The van der Waals surface area contributed by atoms with E-state index >= 15 is 4.39 Å². The molecule has 0 unspecified atom stereocenters. The second-order valence-electron chi connectivity index (χ2n) is 9.38. The Kier molecular flexibility index (Phi) is 8.04. The fourth-order valence-electron chi connectivity index (χ4n) is 4.62. The molecule has 1 aromatic heterocycles. The van der Waals surface area contributed by atoms with E-state index in [-0.39, 0.29) is 36.0 Å². The second-order valence-corrected chi connectivity index (χ2v) is 10.9. The van der Waals surface area contributed by atoms with Crippen molar-refractivity contribution < 1.29 is 14.0 Å². The van der Waals surface area contributed by atoms with E-state index in [4.69, 9.17) is 16.7 Å². The largest absolute Gasteiger partial charge is 0.352 e. The van der Waals surface area contributed by atoms with E-state index in [2.05, 4.69) is 5.32 Å². The highest BCUT2D eigenvalue weighted by Gasteiger charge is 2.38. The number of amides is 2. The quantitative estimate of drug-likeness (QED) is 0.282. The van der Waals surface area contributed by atoms with Gasteiger partial charge in [0, 0.05) is 22.7 Å². The maximum absolute atomic E-state index is 15.3. The van der Waals surface area contributed by atoms with Gasteiger partial charge in [0.15, 0.2) is 0 Å². The molecule has 0 spiro atoms. The summed E-state index contributed by atoms with van der Waals surface area (Å²) in [7, 11) is 0. The van der Waals surface area contributed by atoms with Crippen molar-refractivity contribution in [2.75, 3.05) is 17.2 Å². The Morgan fingerprint density at radius 3 is 2.51 bits per heavy atom. The number of anilines is 1. The van der Waals surface area contributed by atoms with Gasteiger partial charge in [0.1, 0.15) is 18.2 Å². The number of aromatic nitrogens is 2. The van der Waals surface area contributed by atoms with Crippen LogP contribution in [0, 0.1) is 5.82 Å². The van der Waals surface area contributed by atoms with Crippen LogP contribution in [-0.4, -0.2) is 39.9 Å². The van der Waals surface area contributed by atoms with E-state index in [9.17, 15) is 9.59 Å². The number of nitrogens with one attached hydrogen (secondary N) is 1. The number of fused-ring (bicyclic) bond motifs is 1. The lowest BCUT2D eigenvalue weighted by atomic mass is 9.99. The van der Waals surface area contributed by atoms with Crippen molar-refractivity contribution in [2.45, 2.75) is 31.6 Å². The minimum atomic E-state index is -0.556. The first-order chi connectivity index (χ1) is 18.9.